The van der Waals surface area contributed by atoms with E-state index in [1.807, 2.05) is 12.1 Å². The van der Waals surface area contributed by atoms with E-state index in [4.69, 9.17) is 9.15 Å². The molecule has 1 aliphatic rings. The fourth-order valence-electron chi connectivity index (χ4n) is 5.33. The van der Waals surface area contributed by atoms with E-state index in [2.05, 4.69) is 24.4 Å². The molecular weight excluding hydrogens is 458 g/mol. The molecule has 1 heterocycles. The molecule has 0 atom stereocenters. The van der Waals surface area contributed by atoms with E-state index < -0.39 is 0 Å². The SMILES string of the molecule is CCCCCCCCCCCCCCCCCCNC(=O)c1ccc(COc2ccc3c(c2)CCC3)o1. The third-order valence-corrected chi connectivity index (χ3v) is 7.65. The summed E-state index contributed by atoms with van der Waals surface area (Å²) in [4.78, 5) is 12.4. The standard InChI is InChI=1S/C33H51NO3/c1-2-3-4-5-6-7-8-9-10-11-12-13-14-15-16-17-25-34-33(35)32-24-23-31(37-32)27-36-30-22-21-28-19-18-20-29(28)26-30/h21-24,26H,2-20,25,27H2,1H3,(H,34,35). The number of nitrogens with one attached hydrogen (secondary N) is 1. The third-order valence-electron chi connectivity index (χ3n) is 7.65. The van der Waals surface area contributed by atoms with Crippen LogP contribution in [0.4, 0.5) is 0 Å². The molecule has 3 rings (SSSR count). The molecule has 0 spiro atoms. The second kappa shape index (κ2) is 18.1. The number of rotatable bonds is 21. The average Bonchev–Trinajstić information content (AvgIpc) is 3.58. The molecule has 0 aliphatic heterocycles. The number of hydrogen-bond donors (Lipinski definition) is 1. The Kier molecular flexibility index (Phi) is 14.3. The molecule has 37 heavy (non-hydrogen) atoms. The Morgan fingerprint density at radius 3 is 2.00 bits per heavy atom. The summed E-state index contributed by atoms with van der Waals surface area (Å²) in [6.45, 7) is 3.33. The van der Waals surface area contributed by atoms with E-state index in [0.717, 1.165) is 18.6 Å². The lowest BCUT2D eigenvalue weighted by atomic mass is 10.0. The van der Waals surface area contributed by atoms with Gasteiger partial charge in [0.1, 0.15) is 18.1 Å². The molecule has 1 aliphatic carbocycles. The lowest BCUT2D eigenvalue weighted by Crippen LogP contribution is -2.23. The van der Waals surface area contributed by atoms with Crippen molar-refractivity contribution in [2.45, 2.75) is 136 Å². The summed E-state index contributed by atoms with van der Waals surface area (Å²) in [5.41, 5.74) is 2.83. The summed E-state index contributed by atoms with van der Waals surface area (Å²) in [6, 6.07) is 9.90. The fourth-order valence-corrected chi connectivity index (χ4v) is 5.33. The normalized spacial score (nSPS) is 12.6. The summed E-state index contributed by atoms with van der Waals surface area (Å²) in [5.74, 6) is 1.77. The molecule has 1 aromatic heterocycles. The first-order valence-corrected chi connectivity index (χ1v) is 15.4. The first-order valence-electron chi connectivity index (χ1n) is 15.4. The van der Waals surface area contributed by atoms with E-state index in [9.17, 15) is 4.79 Å². The molecule has 0 saturated heterocycles. The summed E-state index contributed by atoms with van der Waals surface area (Å²) in [6.07, 6.45) is 25.2. The maximum Gasteiger partial charge on any atom is 0.286 e. The number of furan rings is 1. The minimum atomic E-state index is -0.134. The van der Waals surface area contributed by atoms with Crippen LogP contribution in [0.3, 0.4) is 0 Å². The Hall–Kier alpha value is -2.23. The molecule has 0 saturated carbocycles. The Labute approximate surface area is 225 Å². The van der Waals surface area contributed by atoms with Crippen LogP contribution in [-0.2, 0) is 19.4 Å². The van der Waals surface area contributed by atoms with Crippen LogP contribution in [0.2, 0.25) is 0 Å². The predicted octanol–water partition coefficient (Wildman–Crippen LogP) is 9.34. The zero-order chi connectivity index (χ0) is 26.0. The molecule has 0 unspecified atom stereocenters. The molecule has 4 nitrogen and oxygen atoms in total. The van der Waals surface area contributed by atoms with Crippen LogP contribution in [0.15, 0.2) is 34.7 Å². The highest BCUT2D eigenvalue weighted by atomic mass is 16.5. The van der Waals surface area contributed by atoms with Gasteiger partial charge < -0.3 is 14.5 Å². The molecule has 206 valence electrons. The van der Waals surface area contributed by atoms with Gasteiger partial charge in [0.05, 0.1) is 0 Å². The highest BCUT2D eigenvalue weighted by Crippen LogP contribution is 2.26. The van der Waals surface area contributed by atoms with Crippen molar-refractivity contribution in [1.82, 2.24) is 5.32 Å². The van der Waals surface area contributed by atoms with Gasteiger partial charge in [-0.2, -0.15) is 0 Å². The van der Waals surface area contributed by atoms with Crippen LogP contribution < -0.4 is 10.1 Å². The van der Waals surface area contributed by atoms with Gasteiger partial charge >= 0.3 is 0 Å². The average molecular weight is 510 g/mol. The fraction of sp³-hybridized carbons (Fsp3) is 0.667. The zero-order valence-electron chi connectivity index (χ0n) is 23.5. The van der Waals surface area contributed by atoms with Gasteiger partial charge in [0, 0.05) is 6.54 Å². The van der Waals surface area contributed by atoms with Crippen molar-refractivity contribution >= 4 is 5.91 Å². The largest absolute Gasteiger partial charge is 0.486 e. The molecule has 1 aromatic carbocycles. The molecule has 0 fully saturated rings. The number of ether oxygens (including phenoxy) is 1. The van der Waals surface area contributed by atoms with Crippen molar-refractivity contribution in [3.63, 3.8) is 0 Å². The monoisotopic (exact) mass is 509 g/mol. The van der Waals surface area contributed by atoms with E-state index in [1.165, 1.54) is 120 Å². The Bertz CT molecular complexity index is 887. The molecule has 4 heteroatoms. The highest BCUT2D eigenvalue weighted by molar-refractivity contribution is 5.91. The Morgan fingerprint density at radius 2 is 1.35 bits per heavy atom. The predicted molar refractivity (Wildman–Crippen MR) is 153 cm³/mol. The lowest BCUT2D eigenvalue weighted by Gasteiger charge is -2.07. The number of unbranched alkanes of at least 4 members (excludes halogenated alkanes) is 15. The van der Waals surface area contributed by atoms with Crippen molar-refractivity contribution < 1.29 is 13.9 Å². The lowest BCUT2D eigenvalue weighted by molar-refractivity contribution is 0.0921. The van der Waals surface area contributed by atoms with Gasteiger partial charge in [-0.1, -0.05) is 109 Å². The Balaban J connectivity index is 1.12. The number of hydrogen-bond acceptors (Lipinski definition) is 3. The summed E-state index contributed by atoms with van der Waals surface area (Å²) in [5, 5.41) is 2.99. The minimum Gasteiger partial charge on any atom is -0.486 e. The quantitative estimate of drug-likeness (QED) is 0.171. The van der Waals surface area contributed by atoms with Crippen LogP contribution in [0.25, 0.3) is 0 Å². The molecule has 1 amide bonds. The van der Waals surface area contributed by atoms with Gasteiger partial charge in [-0.05, 0) is 61.1 Å². The van der Waals surface area contributed by atoms with Crippen molar-refractivity contribution in [3.8, 4) is 5.75 Å². The van der Waals surface area contributed by atoms with E-state index in [0.29, 0.717) is 24.7 Å². The second-order valence-corrected chi connectivity index (χ2v) is 10.9. The summed E-state index contributed by atoms with van der Waals surface area (Å²) >= 11 is 0. The van der Waals surface area contributed by atoms with Crippen LogP contribution in [-0.4, -0.2) is 12.5 Å². The van der Waals surface area contributed by atoms with Crippen LogP contribution in [0.1, 0.15) is 144 Å². The number of benzene rings is 1. The highest BCUT2D eigenvalue weighted by Gasteiger charge is 2.13. The number of carbonyl (C=O) groups excluding carboxylic acids is 1. The van der Waals surface area contributed by atoms with Gasteiger partial charge in [-0.3, -0.25) is 4.79 Å². The van der Waals surface area contributed by atoms with Gasteiger partial charge in [0.25, 0.3) is 5.91 Å². The number of fused-ring (bicyclic) bond motifs is 1. The Morgan fingerprint density at radius 1 is 0.757 bits per heavy atom. The topological polar surface area (TPSA) is 51.5 Å². The van der Waals surface area contributed by atoms with Gasteiger partial charge in [-0.15, -0.1) is 0 Å². The van der Waals surface area contributed by atoms with Crippen LogP contribution in [0, 0.1) is 0 Å². The van der Waals surface area contributed by atoms with Crippen molar-refractivity contribution in [3.05, 3.63) is 53.0 Å². The van der Waals surface area contributed by atoms with Crippen molar-refractivity contribution in [1.29, 1.82) is 0 Å². The van der Waals surface area contributed by atoms with Crippen molar-refractivity contribution in [2.24, 2.45) is 0 Å². The van der Waals surface area contributed by atoms with E-state index >= 15 is 0 Å². The first kappa shape index (κ1) is 29.3. The maximum absolute atomic E-state index is 12.4. The minimum absolute atomic E-state index is 0.134. The van der Waals surface area contributed by atoms with Gasteiger partial charge in [0.2, 0.25) is 0 Å². The maximum atomic E-state index is 12.4. The van der Waals surface area contributed by atoms with Crippen LogP contribution >= 0.6 is 0 Å². The molecule has 0 radical (unpaired) electrons. The van der Waals surface area contributed by atoms with Crippen LogP contribution in [0.5, 0.6) is 5.75 Å². The smallest absolute Gasteiger partial charge is 0.286 e. The van der Waals surface area contributed by atoms with Gasteiger partial charge in [-0.25, -0.2) is 0 Å². The molecule has 0 bridgehead atoms. The first-order chi connectivity index (χ1) is 18.3. The zero-order valence-corrected chi connectivity index (χ0v) is 23.5. The van der Waals surface area contributed by atoms with E-state index in [1.54, 1.807) is 6.07 Å². The molecule has 1 N–H and O–H groups in total. The number of carbonyl (C=O) groups is 1. The summed E-state index contributed by atoms with van der Waals surface area (Å²) < 4.78 is 11.6. The third kappa shape index (κ3) is 11.8. The van der Waals surface area contributed by atoms with Crippen molar-refractivity contribution in [2.75, 3.05) is 6.54 Å². The number of amides is 1. The summed E-state index contributed by atoms with van der Waals surface area (Å²) in [7, 11) is 0. The second-order valence-electron chi connectivity index (χ2n) is 10.9. The number of aryl methyl sites for hydroxylation is 2. The van der Waals surface area contributed by atoms with E-state index in [-0.39, 0.29) is 5.91 Å². The molecule has 2 aromatic rings. The van der Waals surface area contributed by atoms with Gasteiger partial charge in [0.15, 0.2) is 5.76 Å². The molecular formula is C33H51NO3.